The van der Waals surface area contributed by atoms with Crippen LogP contribution in [0.15, 0.2) is 24.3 Å². The number of carbonyl (C=O) groups excluding carboxylic acids is 1. The number of benzene rings is 1. The molecule has 5 heteroatoms. The highest BCUT2D eigenvalue weighted by molar-refractivity contribution is 5.87. The lowest BCUT2D eigenvalue weighted by atomic mass is 10.0. The van der Waals surface area contributed by atoms with Crippen LogP contribution in [0.1, 0.15) is 26.0 Å². The number of likely N-dealkylation sites (N-methyl/N-ethyl adjacent to an activating group) is 1. The van der Waals surface area contributed by atoms with E-state index in [1.807, 2.05) is 31.3 Å². The number of nitrogens with two attached hydrogens (primary N) is 1. The predicted octanol–water partition coefficient (Wildman–Crippen LogP) is 1.94. The normalized spacial score (nSPS) is 12.8. The Kier molecular flexibility index (Phi) is 4.96. The van der Waals surface area contributed by atoms with Crippen LogP contribution < -0.4 is 5.73 Å². The largest absolute Gasteiger partial charge is 0.345 e. The van der Waals surface area contributed by atoms with E-state index in [-0.39, 0.29) is 11.9 Å². The van der Waals surface area contributed by atoms with Crippen molar-refractivity contribution in [3.63, 3.8) is 0 Å². The van der Waals surface area contributed by atoms with Crippen molar-refractivity contribution >= 4 is 16.8 Å². The van der Waals surface area contributed by atoms with Crippen LogP contribution in [0.5, 0.6) is 0 Å². The van der Waals surface area contributed by atoms with Crippen molar-refractivity contribution in [1.82, 2.24) is 15.1 Å². The first-order valence-electron chi connectivity index (χ1n) is 7.40. The fourth-order valence-corrected chi connectivity index (χ4v) is 2.24. The van der Waals surface area contributed by atoms with E-state index in [0.29, 0.717) is 18.9 Å². The topological polar surface area (TPSA) is 75.0 Å². The fourth-order valence-electron chi connectivity index (χ4n) is 2.24. The lowest BCUT2D eigenvalue weighted by Crippen LogP contribution is -2.35. The van der Waals surface area contributed by atoms with Gasteiger partial charge in [0.15, 0.2) is 0 Å². The van der Waals surface area contributed by atoms with Gasteiger partial charge in [0.05, 0.1) is 17.6 Å². The number of fused-ring (bicyclic) bond motifs is 1. The van der Waals surface area contributed by atoms with Crippen LogP contribution in [-0.4, -0.2) is 40.6 Å². The van der Waals surface area contributed by atoms with Gasteiger partial charge in [0.25, 0.3) is 0 Å². The number of aromatic amines is 1. The maximum Gasteiger partial charge on any atom is 0.228 e. The Balaban J connectivity index is 1.94. The van der Waals surface area contributed by atoms with Crippen molar-refractivity contribution in [2.45, 2.75) is 32.7 Å². The van der Waals surface area contributed by atoms with Crippen LogP contribution in [0.25, 0.3) is 10.9 Å². The minimum atomic E-state index is 0.0837. The highest BCUT2D eigenvalue weighted by Crippen LogP contribution is 2.16. The number of aromatic nitrogens is 2. The van der Waals surface area contributed by atoms with Crippen LogP contribution in [0.4, 0.5) is 0 Å². The third kappa shape index (κ3) is 3.82. The molecule has 1 heterocycles. The van der Waals surface area contributed by atoms with Gasteiger partial charge in [-0.05, 0) is 18.4 Å². The van der Waals surface area contributed by atoms with E-state index in [0.717, 1.165) is 23.0 Å². The first-order chi connectivity index (χ1) is 9.99. The molecule has 1 aromatic carbocycles. The molecule has 1 atom stereocenters. The Bertz CT molecular complexity index is 605. The third-order valence-corrected chi connectivity index (χ3v) is 3.95. The predicted molar refractivity (Wildman–Crippen MR) is 84.9 cm³/mol. The van der Waals surface area contributed by atoms with Crippen molar-refractivity contribution < 1.29 is 4.79 Å². The van der Waals surface area contributed by atoms with E-state index >= 15 is 0 Å². The zero-order chi connectivity index (χ0) is 15.4. The number of para-hydroxylation sites is 1. The maximum absolute atomic E-state index is 12.3. The Hall–Kier alpha value is -1.88. The van der Waals surface area contributed by atoms with Gasteiger partial charge in [-0.15, -0.1) is 0 Å². The zero-order valence-corrected chi connectivity index (χ0v) is 13.0. The van der Waals surface area contributed by atoms with Gasteiger partial charge in [0.1, 0.15) is 0 Å². The van der Waals surface area contributed by atoms with Crippen molar-refractivity contribution in [3.05, 3.63) is 30.0 Å². The lowest BCUT2D eigenvalue weighted by Gasteiger charge is -2.21. The fraction of sp³-hybridized carbons (Fsp3) is 0.500. The Morgan fingerprint density at radius 3 is 2.81 bits per heavy atom. The van der Waals surface area contributed by atoms with Crippen molar-refractivity contribution in [3.8, 4) is 0 Å². The summed E-state index contributed by atoms with van der Waals surface area (Å²) in [6.45, 7) is 4.89. The average molecular weight is 288 g/mol. The molecule has 0 spiro atoms. The number of hydrogen-bond donors (Lipinski definition) is 2. The first kappa shape index (κ1) is 15.5. The van der Waals surface area contributed by atoms with Crippen LogP contribution in [0, 0.1) is 5.92 Å². The minimum Gasteiger partial charge on any atom is -0.345 e. The number of amides is 1. The second kappa shape index (κ2) is 6.72. The minimum absolute atomic E-state index is 0.0837. The van der Waals surface area contributed by atoms with E-state index in [4.69, 9.17) is 5.73 Å². The second-order valence-electron chi connectivity index (χ2n) is 5.91. The smallest absolute Gasteiger partial charge is 0.228 e. The van der Waals surface area contributed by atoms with Gasteiger partial charge < -0.3 is 10.6 Å². The Morgan fingerprint density at radius 2 is 2.10 bits per heavy atom. The molecule has 0 aliphatic rings. The molecule has 0 aliphatic heterocycles. The van der Waals surface area contributed by atoms with E-state index in [9.17, 15) is 4.79 Å². The molecule has 0 aliphatic carbocycles. The van der Waals surface area contributed by atoms with Crippen molar-refractivity contribution in [1.29, 1.82) is 0 Å². The molecule has 1 aromatic heterocycles. The van der Waals surface area contributed by atoms with E-state index in [2.05, 4.69) is 24.0 Å². The van der Waals surface area contributed by atoms with Crippen LogP contribution in [0.3, 0.4) is 0 Å². The molecule has 0 fully saturated rings. The van der Waals surface area contributed by atoms with Crippen molar-refractivity contribution in [2.24, 2.45) is 11.7 Å². The first-order valence-corrected chi connectivity index (χ1v) is 7.40. The summed E-state index contributed by atoms with van der Waals surface area (Å²) in [4.78, 5) is 14.0. The average Bonchev–Trinajstić information content (AvgIpc) is 2.87. The summed E-state index contributed by atoms with van der Waals surface area (Å²) in [6, 6.07) is 7.94. The van der Waals surface area contributed by atoms with E-state index in [1.165, 1.54) is 0 Å². The van der Waals surface area contributed by atoms with Gasteiger partial charge in [-0.2, -0.15) is 5.10 Å². The Labute approximate surface area is 125 Å². The summed E-state index contributed by atoms with van der Waals surface area (Å²) in [5, 5.41) is 8.19. The molecule has 5 nitrogen and oxygen atoms in total. The number of rotatable bonds is 6. The van der Waals surface area contributed by atoms with Gasteiger partial charge in [-0.25, -0.2) is 0 Å². The zero-order valence-electron chi connectivity index (χ0n) is 13.0. The van der Waals surface area contributed by atoms with E-state index < -0.39 is 0 Å². The number of H-pyrrole nitrogens is 1. The molecular formula is C16H24N4O. The van der Waals surface area contributed by atoms with Crippen molar-refractivity contribution in [2.75, 3.05) is 13.6 Å². The highest BCUT2D eigenvalue weighted by atomic mass is 16.2. The lowest BCUT2D eigenvalue weighted by molar-refractivity contribution is -0.129. The summed E-state index contributed by atoms with van der Waals surface area (Å²) in [5.74, 6) is 0.519. The SMILES string of the molecule is CC(C)C(N)CCN(C)C(=O)Cc1[nH]nc2ccccc12. The van der Waals surface area contributed by atoms with Gasteiger partial charge in [0, 0.05) is 25.0 Å². The summed E-state index contributed by atoms with van der Waals surface area (Å²) in [5.41, 5.74) is 7.79. The van der Waals surface area contributed by atoms with Gasteiger partial charge in [0.2, 0.25) is 5.91 Å². The second-order valence-corrected chi connectivity index (χ2v) is 5.91. The monoisotopic (exact) mass is 288 g/mol. The molecule has 0 saturated heterocycles. The van der Waals surface area contributed by atoms with Gasteiger partial charge in [-0.1, -0.05) is 32.0 Å². The van der Waals surface area contributed by atoms with Gasteiger partial charge >= 0.3 is 0 Å². The van der Waals surface area contributed by atoms with Crippen LogP contribution in [-0.2, 0) is 11.2 Å². The van der Waals surface area contributed by atoms with Crippen LogP contribution in [0.2, 0.25) is 0 Å². The van der Waals surface area contributed by atoms with Gasteiger partial charge in [-0.3, -0.25) is 9.89 Å². The molecule has 0 radical (unpaired) electrons. The third-order valence-electron chi connectivity index (χ3n) is 3.95. The molecule has 2 aromatic rings. The molecule has 1 unspecified atom stereocenters. The van der Waals surface area contributed by atoms with E-state index in [1.54, 1.807) is 4.90 Å². The maximum atomic E-state index is 12.3. The standard InChI is InChI=1S/C16H24N4O/c1-11(2)13(17)8-9-20(3)16(21)10-15-12-6-4-5-7-14(12)18-19-15/h4-7,11,13H,8-10,17H2,1-3H3,(H,18,19). The summed E-state index contributed by atoms with van der Waals surface area (Å²) in [6.07, 6.45) is 1.16. The molecule has 0 bridgehead atoms. The van der Waals surface area contributed by atoms with Crippen LogP contribution >= 0.6 is 0 Å². The Morgan fingerprint density at radius 1 is 1.38 bits per heavy atom. The molecule has 1 amide bonds. The molecule has 114 valence electrons. The molecule has 21 heavy (non-hydrogen) atoms. The molecular weight excluding hydrogens is 264 g/mol. The number of hydrogen-bond acceptors (Lipinski definition) is 3. The number of carbonyl (C=O) groups is 1. The molecule has 2 rings (SSSR count). The highest BCUT2D eigenvalue weighted by Gasteiger charge is 2.15. The quantitative estimate of drug-likeness (QED) is 0.853. The number of nitrogens with zero attached hydrogens (tertiary/aromatic N) is 2. The molecule has 3 N–H and O–H groups in total. The molecule has 0 saturated carbocycles. The summed E-state index contributed by atoms with van der Waals surface area (Å²) >= 11 is 0. The number of nitrogens with one attached hydrogen (secondary N) is 1. The summed E-state index contributed by atoms with van der Waals surface area (Å²) in [7, 11) is 1.83. The summed E-state index contributed by atoms with van der Waals surface area (Å²) < 4.78 is 0.